The summed E-state index contributed by atoms with van der Waals surface area (Å²) < 4.78 is 30.6. The van der Waals surface area contributed by atoms with Crippen LogP contribution in [0.25, 0.3) is 0 Å². The lowest BCUT2D eigenvalue weighted by atomic mass is 10.1. The van der Waals surface area contributed by atoms with Crippen molar-refractivity contribution >= 4 is 75.5 Å². The molecule has 4 aromatic rings. The lowest BCUT2D eigenvalue weighted by molar-refractivity contribution is -0.127. The van der Waals surface area contributed by atoms with Crippen LogP contribution in [0.5, 0.6) is 0 Å². The Morgan fingerprint density at radius 1 is 0.372 bits per heavy atom. The molecule has 0 heterocycles. The zero-order chi connectivity index (χ0) is 63.7. The Morgan fingerprint density at radius 3 is 1.10 bits per heavy atom. The van der Waals surface area contributed by atoms with Gasteiger partial charge in [-0.05, 0) is 114 Å². The second kappa shape index (κ2) is 48.5. The molecule has 0 aliphatic carbocycles. The summed E-state index contributed by atoms with van der Waals surface area (Å²) in [4.78, 5) is 112. The molecule has 0 atom stereocenters. The summed E-state index contributed by atoms with van der Waals surface area (Å²) in [6.45, 7) is 11.9. The number of ether oxygens (including phenoxy) is 6. The quantitative estimate of drug-likeness (QED) is 0.0232. The number of hydrogen-bond donors (Lipinski definition) is 8. The van der Waals surface area contributed by atoms with Crippen LogP contribution in [-0.4, -0.2) is 172 Å². The Bertz CT molecular complexity index is 2640. The average Bonchev–Trinajstić information content (AvgIpc) is 3.66. The number of amides is 5. The number of likely N-dealkylation sites (N-methyl/N-ethyl adjacent to an activating group) is 2. The van der Waals surface area contributed by atoms with E-state index >= 15 is 0 Å². The lowest BCUT2D eigenvalue weighted by Crippen LogP contribution is -2.28. The summed E-state index contributed by atoms with van der Waals surface area (Å²) in [5.74, 6) is -1.49. The fraction of sp³-hybridized carbons (Fsp3) is 0.452. The number of rotatable bonds is 39. The van der Waals surface area contributed by atoms with E-state index in [2.05, 4.69) is 49.5 Å². The molecule has 0 unspecified atom stereocenters. The normalized spacial score (nSPS) is 10.3. The molecule has 24 nitrogen and oxygen atoms in total. The second-order valence-corrected chi connectivity index (χ2v) is 19.1. The molecule has 0 bridgehead atoms. The topological polar surface area (TPSA) is 322 Å². The largest absolute Gasteiger partial charge is 0.379 e. The molecule has 86 heavy (non-hydrogen) atoms. The summed E-state index contributed by atoms with van der Waals surface area (Å²) >= 11 is 0. The number of hydrogen-bond acceptors (Lipinski definition) is 19. The van der Waals surface area contributed by atoms with E-state index in [0.29, 0.717) is 81.7 Å². The van der Waals surface area contributed by atoms with Gasteiger partial charge in [0, 0.05) is 61.8 Å². The van der Waals surface area contributed by atoms with E-state index in [1.165, 1.54) is 27.7 Å². The third-order valence-electron chi connectivity index (χ3n) is 10.8. The van der Waals surface area contributed by atoms with Gasteiger partial charge in [-0.2, -0.15) is 0 Å². The number of benzene rings is 4. The summed E-state index contributed by atoms with van der Waals surface area (Å²) in [5.41, 5.74) is 6.49. The molecule has 0 aliphatic heterocycles. The molecular formula is C62H88N8O16. The minimum Gasteiger partial charge on any atom is -0.379 e. The number of anilines is 3. The maximum atomic E-state index is 11.7. The van der Waals surface area contributed by atoms with Gasteiger partial charge in [0.2, 0.25) is 29.5 Å². The molecule has 0 fully saturated rings. The van der Waals surface area contributed by atoms with Crippen molar-refractivity contribution < 1.29 is 76.4 Å². The Labute approximate surface area is 504 Å². The number of nitrogens with one attached hydrogen (secondary N) is 8. The van der Waals surface area contributed by atoms with E-state index < -0.39 is 0 Å². The van der Waals surface area contributed by atoms with Gasteiger partial charge in [-0.1, -0.05) is 74.0 Å². The molecule has 0 radical (unpaired) electrons. The molecule has 0 aromatic heterocycles. The molecule has 0 aliphatic rings. The summed E-state index contributed by atoms with van der Waals surface area (Å²) in [5, 5.41) is 22.3. The molecule has 24 heteroatoms. The molecule has 4 aromatic carbocycles. The fourth-order valence-electron chi connectivity index (χ4n) is 6.59. The van der Waals surface area contributed by atoms with E-state index in [4.69, 9.17) is 28.4 Å². The number of Topliss-reactive ketones (excluding diaryl/α,β-unsaturated/α-hetero) is 5. The molecule has 5 amide bonds. The van der Waals surface area contributed by atoms with Crippen molar-refractivity contribution in [3.8, 4) is 0 Å². The predicted octanol–water partition coefficient (Wildman–Crippen LogP) is 3.93. The molecule has 0 spiro atoms. The van der Waals surface area contributed by atoms with Crippen LogP contribution in [0.15, 0.2) is 97.1 Å². The van der Waals surface area contributed by atoms with Gasteiger partial charge in [0.25, 0.3) is 0 Å². The third kappa shape index (κ3) is 42.1. The van der Waals surface area contributed by atoms with Gasteiger partial charge >= 0.3 is 0 Å². The first kappa shape index (κ1) is 76.2. The Hall–Kier alpha value is -7.78. The van der Waals surface area contributed by atoms with Gasteiger partial charge < -0.3 is 71.0 Å². The predicted molar refractivity (Wildman–Crippen MR) is 327 cm³/mol. The van der Waals surface area contributed by atoms with E-state index in [1.807, 2.05) is 50.5 Å². The van der Waals surface area contributed by atoms with Crippen molar-refractivity contribution in [2.75, 3.05) is 129 Å². The van der Waals surface area contributed by atoms with Gasteiger partial charge in [-0.25, -0.2) is 0 Å². The third-order valence-corrected chi connectivity index (χ3v) is 10.8. The highest BCUT2D eigenvalue weighted by molar-refractivity contribution is 5.95. The number of carbonyl (C=O) groups is 10. The zero-order valence-electron chi connectivity index (χ0n) is 50.9. The SMILES string of the molecule is CCCCOCCOCC(=O)NCc1ccc(NC(=O)COCC(C)=O)cc1.CNCC(=O)Cc1ccc(C(C)=O)cc1.CNCCOCC(=O)NCc1ccc(NC(=O)COCC(C)=O)cc1.CNCc1ccc(NC(=O)COCC(C)=O)cc1. The first-order valence-corrected chi connectivity index (χ1v) is 28.0. The molecule has 472 valence electrons. The van der Waals surface area contributed by atoms with Crippen LogP contribution in [0.2, 0.25) is 0 Å². The summed E-state index contributed by atoms with van der Waals surface area (Å²) in [6, 6.07) is 28.8. The Balaban J connectivity index is 0.000000588. The van der Waals surface area contributed by atoms with Crippen LogP contribution in [0.1, 0.15) is 80.1 Å². The maximum Gasteiger partial charge on any atom is 0.250 e. The van der Waals surface area contributed by atoms with Crippen LogP contribution < -0.4 is 42.5 Å². The first-order valence-electron chi connectivity index (χ1n) is 28.0. The molecule has 0 saturated carbocycles. The summed E-state index contributed by atoms with van der Waals surface area (Å²) in [6.07, 6.45) is 2.53. The Morgan fingerprint density at radius 2 is 0.744 bits per heavy atom. The highest BCUT2D eigenvalue weighted by atomic mass is 16.5. The van der Waals surface area contributed by atoms with E-state index in [0.717, 1.165) is 41.6 Å². The van der Waals surface area contributed by atoms with Gasteiger partial charge in [0.05, 0.1) is 26.4 Å². The maximum absolute atomic E-state index is 11.7. The van der Waals surface area contributed by atoms with Crippen molar-refractivity contribution in [3.63, 3.8) is 0 Å². The van der Waals surface area contributed by atoms with Crippen molar-refractivity contribution in [1.82, 2.24) is 26.6 Å². The zero-order valence-corrected chi connectivity index (χ0v) is 50.9. The van der Waals surface area contributed by atoms with Gasteiger partial charge in [0.15, 0.2) is 28.9 Å². The molecular weight excluding hydrogens is 1110 g/mol. The average molecular weight is 1200 g/mol. The number of carbonyl (C=O) groups excluding carboxylic acids is 10. The van der Waals surface area contributed by atoms with Gasteiger partial charge in [0.1, 0.15) is 52.9 Å². The minimum absolute atomic E-state index is 0.00839. The standard InChI is InChI=1S/C20H30N2O6.C17H25N3O5.C13H18N2O3.C12H15NO2/c1-3-4-9-26-10-11-27-14-19(24)21-12-17-5-7-18(8-6-17)22-20(25)15-28-13-16(2)23;1-13(21)10-25-12-17(23)20-15-5-3-14(4-6-15)9-19-16(22)11-24-8-7-18-2;1-10(16)8-18-9-13(17)15-12-5-3-11(4-6-12)7-14-2;1-9(14)11-5-3-10(4-6-11)7-12(15)8-13-2/h5-8H,3-4,9-15H2,1-2H3,(H,21,24)(H,22,25);3-6,18H,7-12H2,1-2H3,(H,19,22)(H,20,23);3-6,14H,7-9H2,1-2H3,(H,15,17);3-6,13H,7-8H2,1-2H3. The second-order valence-electron chi connectivity index (χ2n) is 19.1. The van der Waals surface area contributed by atoms with Crippen molar-refractivity contribution in [3.05, 3.63) is 125 Å². The highest BCUT2D eigenvalue weighted by Gasteiger charge is 2.09. The number of ketones is 5. The van der Waals surface area contributed by atoms with Gasteiger partial charge in [-0.3, -0.25) is 47.9 Å². The molecule has 4 rings (SSSR count). The van der Waals surface area contributed by atoms with Crippen molar-refractivity contribution in [2.24, 2.45) is 0 Å². The smallest absolute Gasteiger partial charge is 0.250 e. The van der Waals surface area contributed by atoms with Crippen molar-refractivity contribution in [1.29, 1.82) is 0 Å². The fourth-order valence-corrected chi connectivity index (χ4v) is 6.59. The minimum atomic E-state index is -0.335. The molecule has 8 N–H and O–H groups in total. The monoisotopic (exact) mass is 1200 g/mol. The van der Waals surface area contributed by atoms with Crippen LogP contribution in [0, 0.1) is 0 Å². The lowest BCUT2D eigenvalue weighted by Gasteiger charge is -2.09. The van der Waals surface area contributed by atoms with E-state index in [9.17, 15) is 47.9 Å². The van der Waals surface area contributed by atoms with Crippen LogP contribution >= 0.6 is 0 Å². The van der Waals surface area contributed by atoms with E-state index in [-0.39, 0.29) is 111 Å². The molecule has 0 saturated heterocycles. The van der Waals surface area contributed by atoms with E-state index in [1.54, 1.807) is 67.7 Å². The van der Waals surface area contributed by atoms with Crippen LogP contribution in [-0.2, 0) is 97.6 Å². The first-order chi connectivity index (χ1) is 41.3. The highest BCUT2D eigenvalue weighted by Crippen LogP contribution is 2.12. The van der Waals surface area contributed by atoms with Crippen LogP contribution in [0.3, 0.4) is 0 Å². The van der Waals surface area contributed by atoms with Crippen molar-refractivity contribution in [2.45, 2.75) is 73.5 Å². The number of unbranched alkanes of at least 4 members (excludes halogenated alkanes) is 1. The Kier molecular flexibility index (Phi) is 43.0. The van der Waals surface area contributed by atoms with Gasteiger partial charge in [-0.15, -0.1) is 0 Å². The summed E-state index contributed by atoms with van der Waals surface area (Å²) in [7, 11) is 5.44. The van der Waals surface area contributed by atoms with Crippen LogP contribution in [0.4, 0.5) is 17.1 Å².